The van der Waals surface area contributed by atoms with E-state index < -0.39 is 0 Å². The molecular formula is C13H25NO. The molecule has 2 nitrogen and oxygen atoms in total. The number of hydrogen-bond acceptors (Lipinski definition) is 2. The number of unbranched alkanes of at least 4 members (excludes halogenated alkanes) is 5. The number of nitrogens with zero attached hydrogens (tertiary/aromatic N) is 1. The van der Waals surface area contributed by atoms with E-state index in [2.05, 4.69) is 11.8 Å². The van der Waals surface area contributed by atoms with E-state index in [0.717, 1.165) is 25.8 Å². The topological polar surface area (TPSA) is 20.3 Å². The molecule has 0 bridgehead atoms. The van der Waals surface area contributed by atoms with Gasteiger partial charge in [-0.2, -0.15) is 0 Å². The van der Waals surface area contributed by atoms with E-state index in [4.69, 9.17) is 0 Å². The van der Waals surface area contributed by atoms with E-state index in [1.807, 2.05) is 0 Å². The maximum atomic E-state index is 10.7. The average molecular weight is 211 g/mol. The van der Waals surface area contributed by atoms with Crippen molar-refractivity contribution in [3.63, 3.8) is 0 Å². The van der Waals surface area contributed by atoms with Crippen molar-refractivity contribution in [2.24, 2.45) is 0 Å². The van der Waals surface area contributed by atoms with Crippen LogP contribution in [0.15, 0.2) is 0 Å². The number of carbonyl (C=O) groups excluding carboxylic acids is 1. The summed E-state index contributed by atoms with van der Waals surface area (Å²) in [5, 5.41) is 0. The van der Waals surface area contributed by atoms with Gasteiger partial charge in [-0.15, -0.1) is 0 Å². The predicted molar refractivity (Wildman–Crippen MR) is 64.0 cm³/mol. The summed E-state index contributed by atoms with van der Waals surface area (Å²) in [6.07, 6.45) is 11.5. The van der Waals surface area contributed by atoms with E-state index in [1.54, 1.807) is 0 Å². The molecule has 0 aromatic rings. The zero-order chi connectivity index (χ0) is 10.9. The number of rotatable bonds is 8. The van der Waals surface area contributed by atoms with Crippen LogP contribution in [0.4, 0.5) is 0 Å². The Bertz CT molecular complexity index is 170. The van der Waals surface area contributed by atoms with Crippen molar-refractivity contribution in [3.8, 4) is 0 Å². The molecule has 1 heterocycles. The highest BCUT2D eigenvalue weighted by molar-refractivity contribution is 5.58. The Hall–Kier alpha value is -0.370. The predicted octanol–water partition coefficient (Wildman–Crippen LogP) is 3.01. The number of likely N-dealkylation sites (tertiary alicyclic amines) is 1. The maximum absolute atomic E-state index is 10.7. The molecular weight excluding hydrogens is 186 g/mol. The summed E-state index contributed by atoms with van der Waals surface area (Å²) < 4.78 is 0. The zero-order valence-corrected chi connectivity index (χ0v) is 10.1. The molecule has 1 aliphatic rings. The Morgan fingerprint density at radius 1 is 1.20 bits per heavy atom. The van der Waals surface area contributed by atoms with E-state index in [1.165, 1.54) is 44.9 Å². The lowest BCUT2D eigenvalue weighted by atomic mass is 10.1. The molecule has 1 fully saturated rings. The van der Waals surface area contributed by atoms with Crippen LogP contribution in [0.3, 0.4) is 0 Å². The lowest BCUT2D eigenvalue weighted by Crippen LogP contribution is -2.31. The van der Waals surface area contributed by atoms with Crippen LogP contribution in [-0.2, 0) is 4.79 Å². The zero-order valence-electron chi connectivity index (χ0n) is 10.1. The molecule has 1 atom stereocenters. The second kappa shape index (κ2) is 7.86. The minimum Gasteiger partial charge on any atom is -0.302 e. The fourth-order valence-corrected chi connectivity index (χ4v) is 2.38. The molecule has 0 radical (unpaired) electrons. The first-order chi connectivity index (χ1) is 7.38. The Balaban J connectivity index is 1.97. The van der Waals surface area contributed by atoms with Crippen molar-refractivity contribution in [1.29, 1.82) is 0 Å². The molecule has 0 saturated carbocycles. The highest BCUT2D eigenvalue weighted by Gasteiger charge is 2.22. The van der Waals surface area contributed by atoms with Crippen LogP contribution in [0.1, 0.15) is 58.3 Å². The summed E-state index contributed by atoms with van der Waals surface area (Å²) in [4.78, 5) is 13.1. The van der Waals surface area contributed by atoms with Crippen molar-refractivity contribution in [2.45, 2.75) is 64.3 Å². The van der Waals surface area contributed by atoms with Crippen molar-refractivity contribution in [2.75, 3.05) is 13.1 Å². The van der Waals surface area contributed by atoms with Gasteiger partial charge in [0.25, 0.3) is 0 Å². The second-order valence-corrected chi connectivity index (χ2v) is 4.65. The lowest BCUT2D eigenvalue weighted by molar-refractivity contribution is -0.111. The summed E-state index contributed by atoms with van der Waals surface area (Å²) in [6, 6.07) is 0.237. The van der Waals surface area contributed by atoms with Crippen molar-refractivity contribution in [3.05, 3.63) is 0 Å². The molecule has 1 aliphatic heterocycles. The molecule has 2 heteroatoms. The summed E-state index contributed by atoms with van der Waals surface area (Å²) in [5.74, 6) is 0. The SMILES string of the molecule is CCCCCCCCN1CCC[C@@H]1C=O. The first-order valence-corrected chi connectivity index (χ1v) is 6.58. The van der Waals surface area contributed by atoms with Crippen LogP contribution in [0.2, 0.25) is 0 Å². The number of hydrogen-bond donors (Lipinski definition) is 0. The first kappa shape index (κ1) is 12.7. The molecule has 0 spiro atoms. The second-order valence-electron chi connectivity index (χ2n) is 4.65. The lowest BCUT2D eigenvalue weighted by Gasteiger charge is -2.19. The van der Waals surface area contributed by atoms with Gasteiger partial charge < -0.3 is 4.79 Å². The third-order valence-corrected chi connectivity index (χ3v) is 3.37. The van der Waals surface area contributed by atoms with Gasteiger partial charge in [-0.05, 0) is 32.4 Å². The Morgan fingerprint density at radius 3 is 2.67 bits per heavy atom. The van der Waals surface area contributed by atoms with Crippen LogP contribution in [0, 0.1) is 0 Å². The molecule has 0 aromatic heterocycles. The monoisotopic (exact) mass is 211 g/mol. The Kier molecular flexibility index (Phi) is 6.66. The van der Waals surface area contributed by atoms with Crippen molar-refractivity contribution in [1.82, 2.24) is 4.90 Å². The third-order valence-electron chi connectivity index (χ3n) is 3.37. The summed E-state index contributed by atoms with van der Waals surface area (Å²) in [6.45, 7) is 4.52. The maximum Gasteiger partial charge on any atom is 0.137 e. The number of carbonyl (C=O) groups is 1. The first-order valence-electron chi connectivity index (χ1n) is 6.58. The standard InChI is InChI=1S/C13H25NO/c1-2-3-4-5-6-7-10-14-11-8-9-13(14)12-15/h12-13H,2-11H2,1H3/t13-/m1/s1. The van der Waals surface area contributed by atoms with E-state index in [0.29, 0.717) is 0 Å². The normalized spacial score (nSPS) is 22.1. The minimum absolute atomic E-state index is 0.237. The van der Waals surface area contributed by atoms with Crippen molar-refractivity contribution >= 4 is 6.29 Å². The average Bonchev–Trinajstić information content (AvgIpc) is 2.70. The van der Waals surface area contributed by atoms with Crippen LogP contribution < -0.4 is 0 Å². The van der Waals surface area contributed by atoms with Crippen molar-refractivity contribution < 1.29 is 4.79 Å². The fraction of sp³-hybridized carbons (Fsp3) is 0.923. The Morgan fingerprint density at radius 2 is 1.93 bits per heavy atom. The van der Waals surface area contributed by atoms with Gasteiger partial charge in [0.1, 0.15) is 6.29 Å². The van der Waals surface area contributed by atoms with E-state index >= 15 is 0 Å². The molecule has 0 N–H and O–H groups in total. The van der Waals surface area contributed by atoms with E-state index in [-0.39, 0.29) is 6.04 Å². The minimum atomic E-state index is 0.237. The van der Waals surface area contributed by atoms with Crippen LogP contribution in [-0.4, -0.2) is 30.3 Å². The molecule has 88 valence electrons. The fourth-order valence-electron chi connectivity index (χ4n) is 2.38. The molecule has 0 unspecified atom stereocenters. The molecule has 0 aliphatic carbocycles. The van der Waals surface area contributed by atoms with Gasteiger partial charge in [-0.25, -0.2) is 0 Å². The van der Waals surface area contributed by atoms with E-state index in [9.17, 15) is 4.79 Å². The largest absolute Gasteiger partial charge is 0.302 e. The quantitative estimate of drug-likeness (QED) is 0.454. The van der Waals surface area contributed by atoms with Gasteiger partial charge in [-0.3, -0.25) is 4.90 Å². The van der Waals surface area contributed by atoms with Crippen LogP contribution >= 0.6 is 0 Å². The van der Waals surface area contributed by atoms with Gasteiger partial charge in [-0.1, -0.05) is 39.0 Å². The van der Waals surface area contributed by atoms with Gasteiger partial charge in [0.15, 0.2) is 0 Å². The molecule has 0 amide bonds. The highest BCUT2D eigenvalue weighted by atomic mass is 16.1. The summed E-state index contributed by atoms with van der Waals surface area (Å²) in [5.41, 5.74) is 0. The molecule has 1 saturated heterocycles. The van der Waals surface area contributed by atoms with Crippen LogP contribution in [0.25, 0.3) is 0 Å². The van der Waals surface area contributed by atoms with Gasteiger partial charge >= 0.3 is 0 Å². The molecule has 0 aromatic carbocycles. The molecule has 15 heavy (non-hydrogen) atoms. The smallest absolute Gasteiger partial charge is 0.137 e. The summed E-state index contributed by atoms with van der Waals surface area (Å²) >= 11 is 0. The number of aldehydes is 1. The molecule has 1 rings (SSSR count). The van der Waals surface area contributed by atoms with Gasteiger partial charge in [0, 0.05) is 0 Å². The third kappa shape index (κ3) is 4.78. The Labute approximate surface area is 94.0 Å². The van der Waals surface area contributed by atoms with Gasteiger partial charge in [0.2, 0.25) is 0 Å². The summed E-state index contributed by atoms with van der Waals surface area (Å²) in [7, 11) is 0. The van der Waals surface area contributed by atoms with Gasteiger partial charge in [0.05, 0.1) is 6.04 Å². The highest BCUT2D eigenvalue weighted by Crippen LogP contribution is 2.16. The van der Waals surface area contributed by atoms with Crippen LogP contribution in [0.5, 0.6) is 0 Å².